The molecule has 1 aromatic heterocycles. The third kappa shape index (κ3) is 4.94. The van der Waals surface area contributed by atoms with Crippen molar-refractivity contribution in [3.63, 3.8) is 0 Å². The van der Waals surface area contributed by atoms with Crippen LogP contribution in [0.25, 0.3) is 11.4 Å². The lowest BCUT2D eigenvalue weighted by molar-refractivity contribution is -0.113. The SMILES string of the molecule is CC(C)(C)c1ccc(-c2nnc(SCC(=O)Nc3ccc(Br)cc3)n2N)cc1. The second-order valence-electron chi connectivity index (χ2n) is 7.35. The van der Waals surface area contributed by atoms with E-state index in [2.05, 4.69) is 64.3 Å². The highest BCUT2D eigenvalue weighted by Crippen LogP contribution is 2.26. The van der Waals surface area contributed by atoms with E-state index in [4.69, 9.17) is 5.84 Å². The summed E-state index contributed by atoms with van der Waals surface area (Å²) in [5.41, 5.74) is 2.94. The van der Waals surface area contributed by atoms with Gasteiger partial charge in [-0.2, -0.15) is 0 Å². The Balaban J connectivity index is 1.64. The van der Waals surface area contributed by atoms with Crippen LogP contribution >= 0.6 is 27.7 Å². The number of rotatable bonds is 5. The number of nitrogens with one attached hydrogen (secondary N) is 1. The lowest BCUT2D eigenvalue weighted by atomic mass is 9.87. The van der Waals surface area contributed by atoms with Crippen molar-refractivity contribution in [3.8, 4) is 11.4 Å². The van der Waals surface area contributed by atoms with Gasteiger partial charge in [-0.1, -0.05) is 72.7 Å². The lowest BCUT2D eigenvalue weighted by Gasteiger charge is -2.19. The summed E-state index contributed by atoms with van der Waals surface area (Å²) in [4.78, 5) is 12.1. The summed E-state index contributed by atoms with van der Waals surface area (Å²) in [7, 11) is 0. The smallest absolute Gasteiger partial charge is 0.234 e. The lowest BCUT2D eigenvalue weighted by Crippen LogP contribution is -2.16. The molecule has 0 fully saturated rings. The summed E-state index contributed by atoms with van der Waals surface area (Å²) >= 11 is 4.61. The first kappa shape index (κ1) is 20.4. The molecule has 3 rings (SSSR count). The van der Waals surface area contributed by atoms with Crippen molar-refractivity contribution in [1.82, 2.24) is 14.9 Å². The average Bonchev–Trinajstić information content (AvgIpc) is 3.02. The Labute approximate surface area is 177 Å². The highest BCUT2D eigenvalue weighted by atomic mass is 79.9. The van der Waals surface area contributed by atoms with Crippen LogP contribution in [0.15, 0.2) is 58.2 Å². The molecule has 0 bridgehead atoms. The Morgan fingerprint density at radius 1 is 1.11 bits per heavy atom. The first-order chi connectivity index (χ1) is 13.2. The van der Waals surface area contributed by atoms with Gasteiger partial charge in [-0.25, -0.2) is 4.68 Å². The fraction of sp³-hybridized carbons (Fsp3) is 0.250. The number of nitrogens with two attached hydrogens (primary N) is 1. The minimum atomic E-state index is -0.133. The molecular formula is C20H22BrN5OS. The molecule has 0 aliphatic rings. The Morgan fingerprint density at radius 2 is 1.75 bits per heavy atom. The Kier molecular flexibility index (Phi) is 6.10. The van der Waals surface area contributed by atoms with E-state index in [0.29, 0.717) is 11.0 Å². The van der Waals surface area contributed by atoms with Gasteiger partial charge in [0.15, 0.2) is 5.82 Å². The van der Waals surface area contributed by atoms with Crippen molar-refractivity contribution in [3.05, 3.63) is 58.6 Å². The number of carbonyl (C=O) groups excluding carboxylic acids is 1. The molecule has 1 heterocycles. The highest BCUT2D eigenvalue weighted by Gasteiger charge is 2.16. The second kappa shape index (κ2) is 8.36. The number of halogens is 1. The molecule has 3 N–H and O–H groups in total. The van der Waals surface area contributed by atoms with Crippen LogP contribution in [0.5, 0.6) is 0 Å². The zero-order valence-corrected chi connectivity index (χ0v) is 18.3. The molecule has 146 valence electrons. The molecule has 0 unspecified atom stereocenters. The third-order valence-electron chi connectivity index (χ3n) is 4.13. The largest absolute Gasteiger partial charge is 0.335 e. The monoisotopic (exact) mass is 459 g/mol. The van der Waals surface area contributed by atoms with E-state index in [9.17, 15) is 4.79 Å². The van der Waals surface area contributed by atoms with Gasteiger partial charge in [0.2, 0.25) is 11.1 Å². The summed E-state index contributed by atoms with van der Waals surface area (Å²) in [6.07, 6.45) is 0. The predicted octanol–water partition coefficient (Wildman–Crippen LogP) is 4.45. The molecule has 8 heteroatoms. The van der Waals surface area contributed by atoms with E-state index >= 15 is 0 Å². The van der Waals surface area contributed by atoms with Gasteiger partial charge >= 0.3 is 0 Å². The van der Waals surface area contributed by atoms with E-state index in [1.807, 2.05) is 36.4 Å². The van der Waals surface area contributed by atoms with Crippen molar-refractivity contribution >= 4 is 39.3 Å². The molecule has 0 atom stereocenters. The van der Waals surface area contributed by atoms with Crippen LogP contribution in [0.3, 0.4) is 0 Å². The molecule has 28 heavy (non-hydrogen) atoms. The molecule has 0 saturated heterocycles. The summed E-state index contributed by atoms with van der Waals surface area (Å²) in [6.45, 7) is 6.50. The maximum Gasteiger partial charge on any atom is 0.234 e. The fourth-order valence-corrected chi connectivity index (χ4v) is 3.47. The molecule has 2 aromatic carbocycles. The Morgan fingerprint density at radius 3 is 2.36 bits per heavy atom. The third-order valence-corrected chi connectivity index (χ3v) is 5.61. The van der Waals surface area contributed by atoms with Crippen LogP contribution < -0.4 is 11.2 Å². The summed E-state index contributed by atoms with van der Waals surface area (Å²) in [6, 6.07) is 15.5. The van der Waals surface area contributed by atoms with Gasteiger partial charge in [0, 0.05) is 15.7 Å². The first-order valence-electron chi connectivity index (χ1n) is 8.73. The van der Waals surface area contributed by atoms with Gasteiger partial charge in [0.05, 0.1) is 5.75 Å². The van der Waals surface area contributed by atoms with Gasteiger partial charge in [0.25, 0.3) is 0 Å². The quantitative estimate of drug-likeness (QED) is 0.434. The number of nitrogen functional groups attached to an aromatic ring is 1. The van der Waals surface area contributed by atoms with Crippen LogP contribution in [0.4, 0.5) is 5.69 Å². The van der Waals surface area contributed by atoms with Crippen molar-refractivity contribution in [2.45, 2.75) is 31.3 Å². The van der Waals surface area contributed by atoms with Crippen LogP contribution in [0.1, 0.15) is 26.3 Å². The molecule has 0 radical (unpaired) electrons. The molecule has 3 aromatic rings. The number of hydrogen-bond donors (Lipinski definition) is 2. The fourth-order valence-electron chi connectivity index (χ4n) is 2.55. The maximum atomic E-state index is 12.1. The van der Waals surface area contributed by atoms with Crippen LogP contribution in [0, 0.1) is 0 Å². The molecule has 0 aliphatic carbocycles. The number of thioether (sulfide) groups is 1. The highest BCUT2D eigenvalue weighted by molar-refractivity contribution is 9.10. The topological polar surface area (TPSA) is 85.8 Å². The van der Waals surface area contributed by atoms with E-state index in [-0.39, 0.29) is 17.1 Å². The van der Waals surface area contributed by atoms with Crippen molar-refractivity contribution < 1.29 is 4.79 Å². The molecule has 0 spiro atoms. The summed E-state index contributed by atoms with van der Waals surface area (Å²) < 4.78 is 2.38. The van der Waals surface area contributed by atoms with Gasteiger partial charge in [-0.15, -0.1) is 10.2 Å². The number of aromatic nitrogens is 3. The zero-order chi connectivity index (χ0) is 20.3. The number of benzene rings is 2. The van der Waals surface area contributed by atoms with Gasteiger partial charge in [-0.05, 0) is 35.2 Å². The molecule has 0 aliphatic heterocycles. The van der Waals surface area contributed by atoms with Gasteiger partial charge < -0.3 is 11.2 Å². The van der Waals surface area contributed by atoms with Gasteiger partial charge in [-0.3, -0.25) is 4.79 Å². The number of anilines is 1. The summed E-state index contributed by atoms with van der Waals surface area (Å²) in [5, 5.41) is 11.6. The van der Waals surface area contributed by atoms with Crippen molar-refractivity contribution in [2.75, 3.05) is 16.9 Å². The van der Waals surface area contributed by atoms with Crippen LogP contribution in [-0.2, 0) is 10.2 Å². The molecule has 1 amide bonds. The standard InChI is InChI=1S/C20H22BrN5OS/c1-20(2,3)14-6-4-13(5-7-14)18-24-25-19(26(18)22)28-12-17(27)23-16-10-8-15(21)9-11-16/h4-11H,12,22H2,1-3H3,(H,23,27). The Bertz CT molecular complexity index is 962. The second-order valence-corrected chi connectivity index (χ2v) is 9.21. The number of amides is 1. The zero-order valence-electron chi connectivity index (χ0n) is 15.9. The maximum absolute atomic E-state index is 12.1. The number of hydrogen-bond acceptors (Lipinski definition) is 5. The number of nitrogens with zero attached hydrogens (tertiary/aromatic N) is 3. The molecule has 6 nitrogen and oxygen atoms in total. The van der Waals surface area contributed by atoms with Crippen LogP contribution in [-0.4, -0.2) is 26.5 Å². The van der Waals surface area contributed by atoms with Gasteiger partial charge in [0.1, 0.15) is 0 Å². The average molecular weight is 460 g/mol. The minimum Gasteiger partial charge on any atom is -0.335 e. The Hall–Kier alpha value is -2.32. The van der Waals surface area contributed by atoms with E-state index in [1.165, 1.54) is 22.0 Å². The van der Waals surface area contributed by atoms with Crippen molar-refractivity contribution in [1.29, 1.82) is 0 Å². The van der Waals surface area contributed by atoms with Crippen molar-refractivity contribution in [2.24, 2.45) is 0 Å². The normalized spacial score (nSPS) is 11.4. The van der Waals surface area contributed by atoms with E-state index in [0.717, 1.165) is 15.7 Å². The summed E-state index contributed by atoms with van der Waals surface area (Å²) in [5.74, 6) is 6.77. The predicted molar refractivity (Wildman–Crippen MR) is 118 cm³/mol. The van der Waals surface area contributed by atoms with E-state index < -0.39 is 0 Å². The van der Waals surface area contributed by atoms with Crippen LogP contribution in [0.2, 0.25) is 0 Å². The van der Waals surface area contributed by atoms with E-state index in [1.54, 1.807) is 0 Å². The first-order valence-corrected chi connectivity index (χ1v) is 10.5. The molecule has 0 saturated carbocycles. The number of carbonyl (C=O) groups is 1. The minimum absolute atomic E-state index is 0.0815. The molecular weight excluding hydrogens is 438 g/mol.